The molecule has 1 aliphatic rings. The molecule has 2 heterocycles. The van der Waals surface area contributed by atoms with E-state index in [1.165, 1.54) is 5.69 Å². The quantitative estimate of drug-likeness (QED) is 0.737. The van der Waals surface area contributed by atoms with Gasteiger partial charge in [0.2, 0.25) is 0 Å². The summed E-state index contributed by atoms with van der Waals surface area (Å²) in [5, 5.41) is 6.19. The molecular formula is C21H29N5O. The number of unbranched alkanes of at least 4 members (excludes halogenated alkanes) is 1. The first kappa shape index (κ1) is 19.2. The number of aromatic nitrogens is 1. The van der Waals surface area contributed by atoms with E-state index in [0.29, 0.717) is 12.1 Å². The van der Waals surface area contributed by atoms with Crippen molar-refractivity contribution in [3.05, 3.63) is 48.2 Å². The van der Waals surface area contributed by atoms with Gasteiger partial charge in [0, 0.05) is 50.3 Å². The van der Waals surface area contributed by atoms with Crippen LogP contribution < -0.4 is 15.5 Å². The second-order valence-electron chi connectivity index (χ2n) is 7.00. The molecule has 0 saturated carbocycles. The minimum absolute atomic E-state index is 0.0703. The van der Waals surface area contributed by atoms with E-state index in [-0.39, 0.29) is 5.91 Å². The molecule has 1 amide bonds. The van der Waals surface area contributed by atoms with E-state index in [2.05, 4.69) is 63.7 Å². The van der Waals surface area contributed by atoms with Crippen molar-refractivity contribution in [1.29, 1.82) is 0 Å². The average molecular weight is 367 g/mol. The lowest BCUT2D eigenvalue weighted by atomic mass is 10.2. The third-order valence-electron chi connectivity index (χ3n) is 4.85. The van der Waals surface area contributed by atoms with Crippen molar-refractivity contribution in [1.82, 2.24) is 15.2 Å². The number of pyridine rings is 1. The van der Waals surface area contributed by atoms with E-state index in [4.69, 9.17) is 0 Å². The van der Waals surface area contributed by atoms with Crippen molar-refractivity contribution in [2.75, 3.05) is 50.0 Å². The monoisotopic (exact) mass is 367 g/mol. The predicted octanol–water partition coefficient (Wildman–Crippen LogP) is 3.11. The Hall–Kier alpha value is -2.60. The number of nitrogens with one attached hydrogen (secondary N) is 2. The lowest BCUT2D eigenvalue weighted by molar-refractivity contribution is 0.0953. The Labute approximate surface area is 161 Å². The smallest absolute Gasteiger partial charge is 0.252 e. The van der Waals surface area contributed by atoms with E-state index in [1.54, 1.807) is 12.3 Å². The zero-order valence-electron chi connectivity index (χ0n) is 16.2. The van der Waals surface area contributed by atoms with E-state index >= 15 is 0 Å². The lowest BCUT2D eigenvalue weighted by Crippen LogP contribution is -2.44. The SMILES string of the molecule is CCCCNC(=O)c1ccc(Nc2ccc(N3CCN(C)CC3)cc2)nc1. The van der Waals surface area contributed by atoms with Gasteiger partial charge in [-0.15, -0.1) is 0 Å². The van der Waals surface area contributed by atoms with Gasteiger partial charge in [-0.05, 0) is 49.9 Å². The van der Waals surface area contributed by atoms with Gasteiger partial charge in [-0.3, -0.25) is 4.79 Å². The van der Waals surface area contributed by atoms with E-state index in [0.717, 1.165) is 50.5 Å². The highest BCUT2D eigenvalue weighted by Gasteiger charge is 2.14. The maximum atomic E-state index is 12.0. The number of rotatable bonds is 7. The number of carbonyl (C=O) groups is 1. The van der Waals surface area contributed by atoms with Gasteiger partial charge in [-0.1, -0.05) is 13.3 Å². The van der Waals surface area contributed by atoms with E-state index < -0.39 is 0 Å². The molecule has 0 unspecified atom stereocenters. The molecule has 144 valence electrons. The summed E-state index contributed by atoms with van der Waals surface area (Å²) in [6.07, 6.45) is 3.67. The summed E-state index contributed by atoms with van der Waals surface area (Å²) in [5.41, 5.74) is 2.82. The van der Waals surface area contributed by atoms with Crippen LogP contribution >= 0.6 is 0 Å². The van der Waals surface area contributed by atoms with Crippen LogP contribution in [-0.2, 0) is 0 Å². The van der Waals surface area contributed by atoms with Crippen LogP contribution in [0, 0.1) is 0 Å². The van der Waals surface area contributed by atoms with Crippen molar-refractivity contribution in [2.45, 2.75) is 19.8 Å². The van der Waals surface area contributed by atoms with Crippen LogP contribution in [0.15, 0.2) is 42.6 Å². The molecule has 27 heavy (non-hydrogen) atoms. The number of carbonyl (C=O) groups excluding carboxylic acids is 1. The van der Waals surface area contributed by atoms with Gasteiger partial charge in [0.25, 0.3) is 5.91 Å². The molecule has 2 aromatic rings. The second-order valence-corrected chi connectivity index (χ2v) is 7.00. The molecule has 3 rings (SSSR count). The number of amides is 1. The number of likely N-dealkylation sites (N-methyl/N-ethyl adjacent to an activating group) is 1. The van der Waals surface area contributed by atoms with Crippen molar-refractivity contribution in [2.24, 2.45) is 0 Å². The van der Waals surface area contributed by atoms with Gasteiger partial charge in [-0.2, -0.15) is 0 Å². The van der Waals surface area contributed by atoms with Gasteiger partial charge in [0.05, 0.1) is 5.56 Å². The Bertz CT molecular complexity index is 721. The fourth-order valence-electron chi connectivity index (χ4n) is 3.05. The molecule has 0 radical (unpaired) electrons. The maximum Gasteiger partial charge on any atom is 0.252 e. The van der Waals surface area contributed by atoms with E-state index in [1.807, 2.05) is 6.07 Å². The minimum atomic E-state index is -0.0703. The summed E-state index contributed by atoms with van der Waals surface area (Å²) in [5.74, 6) is 0.659. The summed E-state index contributed by atoms with van der Waals surface area (Å²) < 4.78 is 0. The average Bonchev–Trinajstić information content (AvgIpc) is 2.70. The zero-order valence-corrected chi connectivity index (χ0v) is 16.2. The molecule has 0 bridgehead atoms. The van der Waals surface area contributed by atoms with Crippen LogP contribution in [-0.4, -0.2) is 55.6 Å². The van der Waals surface area contributed by atoms with E-state index in [9.17, 15) is 4.79 Å². The van der Waals surface area contributed by atoms with Crippen LogP contribution in [0.5, 0.6) is 0 Å². The van der Waals surface area contributed by atoms with Crippen LogP contribution in [0.1, 0.15) is 30.1 Å². The largest absolute Gasteiger partial charge is 0.369 e. The van der Waals surface area contributed by atoms with Crippen molar-refractivity contribution in [3.8, 4) is 0 Å². The molecule has 0 aliphatic carbocycles. The Balaban J connectivity index is 1.55. The highest BCUT2D eigenvalue weighted by Crippen LogP contribution is 2.21. The first-order valence-corrected chi connectivity index (χ1v) is 9.70. The van der Waals surface area contributed by atoms with Gasteiger partial charge in [0.1, 0.15) is 5.82 Å². The molecule has 2 N–H and O–H groups in total. The van der Waals surface area contributed by atoms with Crippen LogP contribution in [0.3, 0.4) is 0 Å². The van der Waals surface area contributed by atoms with Gasteiger partial charge < -0.3 is 20.4 Å². The van der Waals surface area contributed by atoms with Crippen molar-refractivity contribution in [3.63, 3.8) is 0 Å². The lowest BCUT2D eigenvalue weighted by Gasteiger charge is -2.34. The molecule has 0 atom stereocenters. The fraction of sp³-hybridized carbons (Fsp3) is 0.429. The highest BCUT2D eigenvalue weighted by molar-refractivity contribution is 5.94. The van der Waals surface area contributed by atoms with Gasteiger partial charge in [0.15, 0.2) is 0 Å². The number of anilines is 3. The topological polar surface area (TPSA) is 60.5 Å². The second kappa shape index (κ2) is 9.37. The molecule has 1 aromatic heterocycles. The molecular weight excluding hydrogens is 338 g/mol. The normalized spacial score (nSPS) is 14.8. The summed E-state index contributed by atoms with van der Waals surface area (Å²) in [6.45, 7) is 7.13. The fourth-order valence-corrected chi connectivity index (χ4v) is 3.05. The molecule has 1 saturated heterocycles. The molecule has 6 heteroatoms. The third-order valence-corrected chi connectivity index (χ3v) is 4.85. The molecule has 1 aromatic carbocycles. The number of hydrogen-bond donors (Lipinski definition) is 2. The first-order valence-electron chi connectivity index (χ1n) is 9.70. The first-order chi connectivity index (χ1) is 13.2. The van der Waals surface area contributed by atoms with Gasteiger partial charge in [-0.25, -0.2) is 4.98 Å². The summed E-state index contributed by atoms with van der Waals surface area (Å²) in [6, 6.07) is 12.1. The Kier molecular flexibility index (Phi) is 6.65. The predicted molar refractivity (Wildman–Crippen MR) is 111 cm³/mol. The maximum absolute atomic E-state index is 12.0. The molecule has 6 nitrogen and oxygen atoms in total. The van der Waals surface area contributed by atoms with Crippen LogP contribution in [0.4, 0.5) is 17.2 Å². The number of nitrogens with zero attached hydrogens (tertiary/aromatic N) is 3. The summed E-state index contributed by atoms with van der Waals surface area (Å²) >= 11 is 0. The number of benzene rings is 1. The zero-order chi connectivity index (χ0) is 19.1. The molecule has 0 spiro atoms. The highest BCUT2D eigenvalue weighted by atomic mass is 16.1. The van der Waals surface area contributed by atoms with Gasteiger partial charge >= 0.3 is 0 Å². The van der Waals surface area contributed by atoms with Crippen LogP contribution in [0.2, 0.25) is 0 Å². The van der Waals surface area contributed by atoms with Crippen LogP contribution in [0.25, 0.3) is 0 Å². The number of hydrogen-bond acceptors (Lipinski definition) is 5. The minimum Gasteiger partial charge on any atom is -0.369 e. The Morgan fingerprint density at radius 2 is 1.81 bits per heavy atom. The number of piperazine rings is 1. The van der Waals surface area contributed by atoms with Crippen molar-refractivity contribution >= 4 is 23.1 Å². The van der Waals surface area contributed by atoms with Crippen molar-refractivity contribution < 1.29 is 4.79 Å². The Morgan fingerprint density at radius 1 is 1.07 bits per heavy atom. The Morgan fingerprint density at radius 3 is 2.44 bits per heavy atom. The summed E-state index contributed by atoms with van der Waals surface area (Å²) in [4.78, 5) is 21.1. The molecule has 1 aliphatic heterocycles. The molecule has 1 fully saturated rings. The summed E-state index contributed by atoms with van der Waals surface area (Å²) in [7, 11) is 2.16. The standard InChI is InChI=1S/C21H29N5O/c1-3-4-11-22-21(27)17-5-10-20(23-16-17)24-18-6-8-19(9-7-18)26-14-12-25(2)13-15-26/h5-10,16H,3-4,11-15H2,1-2H3,(H,22,27)(H,23,24). The third kappa shape index (κ3) is 5.44.